The van der Waals surface area contributed by atoms with Gasteiger partial charge in [0.25, 0.3) is 0 Å². The average molecular weight is 251 g/mol. The largest absolute Gasteiger partial charge is 0.374 e. The Morgan fingerprint density at radius 1 is 1.33 bits per heavy atom. The second-order valence-corrected chi connectivity index (χ2v) is 5.54. The predicted molar refractivity (Wildman–Crippen MR) is 66.1 cm³/mol. The number of hydrogen-bond donors (Lipinski definition) is 1. The Hall–Kier alpha value is 0.520. The maximum absolute atomic E-state index is 5.78. The van der Waals surface area contributed by atoms with Crippen LogP contribution in [0.4, 0.5) is 0 Å². The molecule has 0 radical (unpaired) electrons. The van der Waals surface area contributed by atoms with E-state index in [1.807, 2.05) is 0 Å². The highest BCUT2D eigenvalue weighted by molar-refractivity contribution is 7.99. The molecule has 0 bridgehead atoms. The van der Waals surface area contributed by atoms with Gasteiger partial charge in [0.05, 0.1) is 12.7 Å². The third-order valence-electron chi connectivity index (χ3n) is 3.61. The van der Waals surface area contributed by atoms with E-state index in [9.17, 15) is 0 Å². The van der Waals surface area contributed by atoms with Gasteiger partial charge in [-0.1, -0.05) is 0 Å². The Labute approximate surface area is 102 Å². The zero-order chi connectivity index (χ0) is 9.38. The van der Waals surface area contributed by atoms with Gasteiger partial charge in [-0.3, -0.25) is 4.90 Å². The molecule has 3 rings (SSSR count). The van der Waals surface area contributed by atoms with Crippen LogP contribution >= 0.6 is 24.2 Å². The summed E-state index contributed by atoms with van der Waals surface area (Å²) < 4.78 is 5.78. The van der Waals surface area contributed by atoms with E-state index in [4.69, 9.17) is 4.74 Å². The Kier molecular flexibility index (Phi) is 4.18. The van der Waals surface area contributed by atoms with Gasteiger partial charge in [0, 0.05) is 37.5 Å². The smallest absolute Gasteiger partial charge is 0.0867 e. The van der Waals surface area contributed by atoms with Crippen molar-refractivity contribution in [1.29, 1.82) is 0 Å². The summed E-state index contributed by atoms with van der Waals surface area (Å²) in [5, 5.41) is 3.44. The third kappa shape index (κ3) is 2.29. The summed E-state index contributed by atoms with van der Waals surface area (Å²) in [4.78, 5) is 2.70. The van der Waals surface area contributed by atoms with Crippen molar-refractivity contribution in [3.8, 4) is 0 Å². The highest BCUT2D eigenvalue weighted by atomic mass is 35.5. The molecule has 0 spiro atoms. The molecule has 0 amide bonds. The monoisotopic (exact) mass is 250 g/mol. The molecule has 0 aromatic heterocycles. The van der Waals surface area contributed by atoms with Gasteiger partial charge in [-0.2, -0.15) is 11.8 Å². The number of nitrogens with zero attached hydrogens (tertiary/aromatic N) is 1. The number of rotatable bonds is 1. The molecule has 15 heavy (non-hydrogen) atoms. The molecule has 0 aliphatic carbocycles. The minimum atomic E-state index is 0. The predicted octanol–water partition coefficient (Wildman–Crippen LogP) is 0.586. The van der Waals surface area contributed by atoms with Crippen molar-refractivity contribution >= 4 is 24.2 Å². The van der Waals surface area contributed by atoms with Crippen LogP contribution in [0.2, 0.25) is 0 Å². The lowest BCUT2D eigenvalue weighted by Crippen LogP contribution is -2.54. The van der Waals surface area contributed by atoms with Crippen LogP contribution in [0.5, 0.6) is 0 Å². The summed E-state index contributed by atoms with van der Waals surface area (Å²) >= 11 is 2.11. The van der Waals surface area contributed by atoms with Crippen molar-refractivity contribution in [2.75, 3.05) is 37.7 Å². The van der Waals surface area contributed by atoms with Gasteiger partial charge in [0.15, 0.2) is 0 Å². The zero-order valence-electron chi connectivity index (χ0n) is 8.85. The number of thioether (sulfide) groups is 1. The van der Waals surface area contributed by atoms with E-state index in [0.717, 1.165) is 32.3 Å². The fourth-order valence-corrected chi connectivity index (χ4v) is 4.09. The van der Waals surface area contributed by atoms with E-state index in [2.05, 4.69) is 22.0 Å². The number of nitrogens with one attached hydrogen (secondary N) is 1. The van der Waals surface area contributed by atoms with Crippen molar-refractivity contribution in [2.24, 2.45) is 0 Å². The molecule has 3 aliphatic rings. The lowest BCUT2D eigenvalue weighted by atomic mass is 10.1. The summed E-state index contributed by atoms with van der Waals surface area (Å²) in [6.45, 7) is 4.27. The number of halogens is 1. The van der Waals surface area contributed by atoms with Gasteiger partial charge in [-0.05, 0) is 12.2 Å². The van der Waals surface area contributed by atoms with Gasteiger partial charge < -0.3 is 10.1 Å². The van der Waals surface area contributed by atoms with Crippen LogP contribution in [0.15, 0.2) is 0 Å². The first-order chi connectivity index (χ1) is 6.95. The molecule has 3 fully saturated rings. The molecular formula is C10H19ClN2OS. The van der Waals surface area contributed by atoms with Crippen LogP contribution in [0.3, 0.4) is 0 Å². The van der Waals surface area contributed by atoms with Crippen molar-refractivity contribution in [3.63, 3.8) is 0 Å². The van der Waals surface area contributed by atoms with Gasteiger partial charge in [0.2, 0.25) is 0 Å². The second kappa shape index (κ2) is 5.23. The number of hydrogen-bond acceptors (Lipinski definition) is 4. The van der Waals surface area contributed by atoms with Crippen molar-refractivity contribution in [2.45, 2.75) is 24.6 Å². The van der Waals surface area contributed by atoms with Crippen molar-refractivity contribution in [3.05, 3.63) is 0 Å². The maximum atomic E-state index is 5.78. The molecule has 3 atom stereocenters. The molecule has 3 saturated heterocycles. The summed E-state index contributed by atoms with van der Waals surface area (Å²) in [7, 11) is 0. The van der Waals surface area contributed by atoms with Gasteiger partial charge in [0.1, 0.15) is 0 Å². The highest BCUT2D eigenvalue weighted by Gasteiger charge is 2.39. The van der Waals surface area contributed by atoms with Crippen molar-refractivity contribution < 1.29 is 4.74 Å². The summed E-state index contributed by atoms with van der Waals surface area (Å²) in [6, 6.07) is 1.49. The Balaban J connectivity index is 0.000000853. The van der Waals surface area contributed by atoms with Crippen molar-refractivity contribution in [1.82, 2.24) is 10.2 Å². The zero-order valence-corrected chi connectivity index (χ0v) is 10.5. The maximum Gasteiger partial charge on any atom is 0.0867 e. The second-order valence-electron chi connectivity index (χ2n) is 4.39. The molecule has 88 valence electrons. The molecule has 5 heteroatoms. The minimum Gasteiger partial charge on any atom is -0.374 e. The third-order valence-corrected chi connectivity index (χ3v) is 4.76. The lowest BCUT2D eigenvalue weighted by molar-refractivity contribution is -0.0594. The molecule has 3 aliphatic heterocycles. The normalized spacial score (nSPS) is 41.2. The average Bonchev–Trinajstić information content (AvgIpc) is 2.88. The summed E-state index contributed by atoms with van der Waals surface area (Å²) in [6.07, 6.45) is 1.85. The molecule has 3 nitrogen and oxygen atoms in total. The molecule has 0 aromatic carbocycles. The van der Waals surface area contributed by atoms with Gasteiger partial charge in [-0.15, -0.1) is 12.4 Å². The number of ether oxygens (including phenoxy) is 1. The number of fused-ring (bicyclic) bond motifs is 1. The van der Waals surface area contributed by atoms with Gasteiger partial charge >= 0.3 is 0 Å². The molecule has 3 heterocycles. The first kappa shape index (κ1) is 12.0. The Bertz CT molecular complexity index is 214. The van der Waals surface area contributed by atoms with Crippen LogP contribution in [0.1, 0.15) is 6.42 Å². The Morgan fingerprint density at radius 2 is 2.27 bits per heavy atom. The van der Waals surface area contributed by atoms with E-state index in [-0.39, 0.29) is 12.4 Å². The van der Waals surface area contributed by atoms with Gasteiger partial charge in [-0.25, -0.2) is 0 Å². The van der Waals surface area contributed by atoms with Crippen LogP contribution in [-0.4, -0.2) is 60.8 Å². The minimum absolute atomic E-state index is 0. The van der Waals surface area contributed by atoms with E-state index in [0.29, 0.717) is 12.1 Å². The van der Waals surface area contributed by atoms with Crippen LogP contribution in [-0.2, 0) is 4.74 Å². The standard InChI is InChI=1S/C10H18N2OS.ClH/c1-4-14-7-8(1)12-2-3-13-10-6-11-5-9(10)12;/h8-11H,1-7H2;1H/t8?,9-,10+;/m1./s1. The quantitative estimate of drug-likeness (QED) is 0.736. The van der Waals surface area contributed by atoms with E-state index >= 15 is 0 Å². The molecular weight excluding hydrogens is 232 g/mol. The lowest BCUT2D eigenvalue weighted by Gasteiger charge is -2.40. The highest BCUT2D eigenvalue weighted by Crippen LogP contribution is 2.28. The summed E-state index contributed by atoms with van der Waals surface area (Å²) in [5.74, 6) is 2.69. The first-order valence-electron chi connectivity index (χ1n) is 5.61. The molecule has 1 N–H and O–H groups in total. The molecule has 0 saturated carbocycles. The van der Waals surface area contributed by atoms with Crippen LogP contribution in [0.25, 0.3) is 0 Å². The Morgan fingerprint density at radius 3 is 3.07 bits per heavy atom. The fourth-order valence-electron chi connectivity index (χ4n) is 2.85. The van der Waals surface area contributed by atoms with E-state index in [1.165, 1.54) is 17.9 Å². The van der Waals surface area contributed by atoms with E-state index in [1.54, 1.807) is 0 Å². The molecule has 0 aromatic rings. The first-order valence-corrected chi connectivity index (χ1v) is 6.76. The SMILES string of the molecule is C1CN(C2CCSC2)[C@@H]2CNC[C@@H]2O1.Cl. The fraction of sp³-hybridized carbons (Fsp3) is 1.00. The van der Waals surface area contributed by atoms with Crippen LogP contribution < -0.4 is 5.32 Å². The number of morpholine rings is 1. The topological polar surface area (TPSA) is 24.5 Å². The summed E-state index contributed by atoms with van der Waals surface area (Å²) in [5.41, 5.74) is 0. The van der Waals surface area contributed by atoms with E-state index < -0.39 is 0 Å². The molecule has 1 unspecified atom stereocenters. The van der Waals surface area contributed by atoms with Crippen LogP contribution in [0, 0.1) is 0 Å².